The Morgan fingerprint density at radius 2 is 1.61 bits per heavy atom. The summed E-state index contributed by atoms with van der Waals surface area (Å²) in [5, 5.41) is 10.6. The van der Waals surface area contributed by atoms with E-state index in [9.17, 15) is 5.11 Å². The molecule has 0 spiro atoms. The number of benzene rings is 1. The second kappa shape index (κ2) is 5.44. The van der Waals surface area contributed by atoms with Crippen LogP contribution >= 0.6 is 0 Å². The molecule has 1 aromatic rings. The zero-order valence-corrected chi connectivity index (χ0v) is 11.9. The fourth-order valence-electron chi connectivity index (χ4n) is 3.10. The molecule has 0 bridgehead atoms. The molecule has 1 heteroatoms. The SMILES string of the molecule is CCC(C)c1ccc(C(O)C2(C)CCCC2)cc1. The van der Waals surface area contributed by atoms with Gasteiger partial charge in [0.1, 0.15) is 0 Å². The normalized spacial score (nSPS) is 21.8. The van der Waals surface area contributed by atoms with E-state index in [-0.39, 0.29) is 11.5 Å². The molecule has 0 radical (unpaired) electrons. The predicted octanol–water partition coefficient (Wildman–Crippen LogP) is 4.81. The van der Waals surface area contributed by atoms with Crippen molar-refractivity contribution in [2.45, 2.75) is 64.9 Å². The summed E-state index contributed by atoms with van der Waals surface area (Å²) in [6, 6.07) is 8.61. The first-order valence-electron chi connectivity index (χ1n) is 7.35. The van der Waals surface area contributed by atoms with Gasteiger partial charge in [-0.2, -0.15) is 0 Å². The highest BCUT2D eigenvalue weighted by atomic mass is 16.3. The van der Waals surface area contributed by atoms with Crippen molar-refractivity contribution in [3.05, 3.63) is 35.4 Å². The molecule has 0 saturated heterocycles. The Hall–Kier alpha value is -0.820. The number of aliphatic hydroxyl groups excluding tert-OH is 1. The quantitative estimate of drug-likeness (QED) is 0.808. The molecule has 1 aliphatic rings. The van der Waals surface area contributed by atoms with Crippen LogP contribution in [-0.2, 0) is 0 Å². The minimum atomic E-state index is -0.300. The smallest absolute Gasteiger partial charge is 0.0843 e. The molecule has 0 heterocycles. The highest BCUT2D eigenvalue weighted by Gasteiger charge is 2.36. The molecule has 1 aliphatic carbocycles. The van der Waals surface area contributed by atoms with Crippen molar-refractivity contribution >= 4 is 0 Å². The van der Waals surface area contributed by atoms with Crippen LogP contribution in [0.15, 0.2) is 24.3 Å². The van der Waals surface area contributed by atoms with Crippen LogP contribution in [0.1, 0.15) is 76.0 Å². The van der Waals surface area contributed by atoms with Crippen molar-refractivity contribution in [3.8, 4) is 0 Å². The molecule has 2 unspecified atom stereocenters. The monoisotopic (exact) mass is 246 g/mol. The van der Waals surface area contributed by atoms with Crippen LogP contribution in [-0.4, -0.2) is 5.11 Å². The summed E-state index contributed by atoms with van der Waals surface area (Å²) in [5.74, 6) is 0.610. The molecular formula is C17H26O. The highest BCUT2D eigenvalue weighted by molar-refractivity contribution is 5.27. The molecule has 0 aromatic heterocycles. The van der Waals surface area contributed by atoms with Gasteiger partial charge in [-0.15, -0.1) is 0 Å². The van der Waals surface area contributed by atoms with Crippen LogP contribution in [0.3, 0.4) is 0 Å². The third-order valence-corrected chi connectivity index (χ3v) is 4.84. The maximum absolute atomic E-state index is 10.6. The zero-order chi connectivity index (χ0) is 13.2. The number of aliphatic hydroxyl groups is 1. The van der Waals surface area contributed by atoms with Gasteiger partial charge in [-0.25, -0.2) is 0 Å². The molecule has 100 valence electrons. The Labute approximate surface area is 111 Å². The lowest BCUT2D eigenvalue weighted by atomic mass is 9.79. The molecule has 2 rings (SSSR count). The zero-order valence-electron chi connectivity index (χ0n) is 11.9. The van der Waals surface area contributed by atoms with Gasteiger partial charge in [0.15, 0.2) is 0 Å². The maximum Gasteiger partial charge on any atom is 0.0843 e. The summed E-state index contributed by atoms with van der Waals surface area (Å²) in [7, 11) is 0. The number of hydrogen-bond acceptors (Lipinski definition) is 1. The first kappa shape index (κ1) is 13.6. The Morgan fingerprint density at radius 1 is 1.11 bits per heavy atom. The van der Waals surface area contributed by atoms with Crippen LogP contribution in [0.2, 0.25) is 0 Å². The average Bonchev–Trinajstić information content (AvgIpc) is 2.85. The second-order valence-electron chi connectivity index (χ2n) is 6.24. The van der Waals surface area contributed by atoms with Gasteiger partial charge >= 0.3 is 0 Å². The summed E-state index contributed by atoms with van der Waals surface area (Å²) in [4.78, 5) is 0. The van der Waals surface area contributed by atoms with E-state index in [2.05, 4.69) is 45.0 Å². The van der Waals surface area contributed by atoms with Crippen molar-refractivity contribution in [1.82, 2.24) is 0 Å². The molecule has 0 aliphatic heterocycles. The molecule has 1 fully saturated rings. The lowest BCUT2D eigenvalue weighted by Crippen LogP contribution is -2.21. The van der Waals surface area contributed by atoms with Crippen molar-refractivity contribution in [2.75, 3.05) is 0 Å². The minimum Gasteiger partial charge on any atom is -0.388 e. The van der Waals surface area contributed by atoms with Crippen LogP contribution < -0.4 is 0 Å². The van der Waals surface area contributed by atoms with Gasteiger partial charge in [0, 0.05) is 0 Å². The molecule has 1 saturated carbocycles. The second-order valence-corrected chi connectivity index (χ2v) is 6.24. The van der Waals surface area contributed by atoms with E-state index in [0.717, 1.165) is 18.4 Å². The van der Waals surface area contributed by atoms with E-state index in [1.807, 2.05) is 0 Å². The fourth-order valence-corrected chi connectivity index (χ4v) is 3.10. The fraction of sp³-hybridized carbons (Fsp3) is 0.647. The Kier molecular flexibility index (Phi) is 4.11. The lowest BCUT2D eigenvalue weighted by Gasteiger charge is -2.30. The van der Waals surface area contributed by atoms with E-state index < -0.39 is 0 Å². The third kappa shape index (κ3) is 2.61. The van der Waals surface area contributed by atoms with Crippen LogP contribution in [0.5, 0.6) is 0 Å². The molecule has 2 atom stereocenters. The standard InChI is InChI=1S/C17H26O/c1-4-13(2)14-7-9-15(10-8-14)16(18)17(3)11-5-6-12-17/h7-10,13,16,18H,4-6,11-12H2,1-3H3. The van der Waals surface area contributed by atoms with Gasteiger partial charge < -0.3 is 5.11 Å². The van der Waals surface area contributed by atoms with E-state index in [1.54, 1.807) is 0 Å². The molecule has 1 aromatic carbocycles. The van der Waals surface area contributed by atoms with Crippen LogP contribution in [0, 0.1) is 5.41 Å². The highest BCUT2D eigenvalue weighted by Crippen LogP contribution is 2.47. The largest absolute Gasteiger partial charge is 0.388 e. The van der Waals surface area contributed by atoms with E-state index in [1.165, 1.54) is 24.8 Å². The Balaban J connectivity index is 2.14. The molecule has 1 nitrogen and oxygen atoms in total. The predicted molar refractivity (Wildman–Crippen MR) is 76.7 cm³/mol. The first-order chi connectivity index (χ1) is 8.57. The van der Waals surface area contributed by atoms with Crippen molar-refractivity contribution < 1.29 is 5.11 Å². The van der Waals surface area contributed by atoms with Crippen molar-refractivity contribution in [2.24, 2.45) is 5.41 Å². The van der Waals surface area contributed by atoms with E-state index >= 15 is 0 Å². The average molecular weight is 246 g/mol. The van der Waals surface area contributed by atoms with Gasteiger partial charge in [0.2, 0.25) is 0 Å². The van der Waals surface area contributed by atoms with Crippen LogP contribution in [0.25, 0.3) is 0 Å². The number of hydrogen-bond donors (Lipinski definition) is 1. The van der Waals surface area contributed by atoms with Gasteiger partial charge in [0.05, 0.1) is 6.10 Å². The maximum atomic E-state index is 10.6. The van der Waals surface area contributed by atoms with Gasteiger partial charge in [0.25, 0.3) is 0 Å². The summed E-state index contributed by atoms with van der Waals surface area (Å²) >= 11 is 0. The summed E-state index contributed by atoms with van der Waals surface area (Å²) in [5.41, 5.74) is 2.56. The summed E-state index contributed by atoms with van der Waals surface area (Å²) < 4.78 is 0. The van der Waals surface area contributed by atoms with Gasteiger partial charge in [-0.05, 0) is 41.7 Å². The van der Waals surface area contributed by atoms with E-state index in [0.29, 0.717) is 5.92 Å². The minimum absolute atomic E-state index is 0.0951. The Morgan fingerprint density at radius 3 is 2.11 bits per heavy atom. The van der Waals surface area contributed by atoms with Crippen LogP contribution in [0.4, 0.5) is 0 Å². The molecular weight excluding hydrogens is 220 g/mol. The Bertz CT molecular complexity index is 373. The van der Waals surface area contributed by atoms with Crippen molar-refractivity contribution in [1.29, 1.82) is 0 Å². The number of rotatable bonds is 4. The van der Waals surface area contributed by atoms with E-state index in [4.69, 9.17) is 0 Å². The molecule has 1 N–H and O–H groups in total. The first-order valence-corrected chi connectivity index (χ1v) is 7.35. The topological polar surface area (TPSA) is 20.2 Å². The molecule has 18 heavy (non-hydrogen) atoms. The molecule has 0 amide bonds. The summed E-state index contributed by atoms with van der Waals surface area (Å²) in [6.45, 7) is 6.70. The van der Waals surface area contributed by atoms with Gasteiger partial charge in [-0.1, -0.05) is 57.9 Å². The van der Waals surface area contributed by atoms with Crippen molar-refractivity contribution in [3.63, 3.8) is 0 Å². The lowest BCUT2D eigenvalue weighted by molar-refractivity contribution is 0.0408. The van der Waals surface area contributed by atoms with Gasteiger partial charge in [-0.3, -0.25) is 0 Å². The third-order valence-electron chi connectivity index (χ3n) is 4.84. The summed E-state index contributed by atoms with van der Waals surface area (Å²) in [6.07, 6.45) is 5.70.